The molecular formula is C24H30N4O3. The minimum Gasteiger partial charge on any atom is -0.497 e. The minimum atomic E-state index is -0.0818. The minimum absolute atomic E-state index is 0.0818. The van der Waals surface area contributed by atoms with Crippen molar-refractivity contribution < 1.29 is 14.3 Å². The van der Waals surface area contributed by atoms with Crippen molar-refractivity contribution in [1.82, 2.24) is 14.7 Å². The zero-order chi connectivity index (χ0) is 22.4. The van der Waals surface area contributed by atoms with Crippen molar-refractivity contribution in [3.8, 4) is 17.2 Å². The third-order valence-electron chi connectivity index (χ3n) is 5.05. The molecule has 1 heterocycles. The van der Waals surface area contributed by atoms with E-state index in [1.54, 1.807) is 7.11 Å². The molecule has 0 saturated heterocycles. The van der Waals surface area contributed by atoms with E-state index in [2.05, 4.69) is 17.3 Å². The Hall–Kier alpha value is -3.32. The molecule has 0 spiro atoms. The fourth-order valence-electron chi connectivity index (χ4n) is 3.26. The number of aromatic nitrogens is 2. The number of hydrogen-bond acceptors (Lipinski definition) is 5. The lowest BCUT2D eigenvalue weighted by atomic mass is 10.2. The number of amides is 1. The number of hydrogen-bond donors (Lipinski definition) is 1. The third kappa shape index (κ3) is 5.86. The summed E-state index contributed by atoms with van der Waals surface area (Å²) < 4.78 is 12.7. The number of likely N-dealkylation sites (N-methyl/N-ethyl adjacent to an activating group) is 1. The average Bonchev–Trinajstić information content (AvgIpc) is 3.03. The summed E-state index contributed by atoms with van der Waals surface area (Å²) in [5.41, 5.74) is 4.61. The van der Waals surface area contributed by atoms with E-state index in [0.717, 1.165) is 34.3 Å². The second kappa shape index (κ2) is 10.1. The summed E-state index contributed by atoms with van der Waals surface area (Å²) in [6.07, 6.45) is 0. The van der Waals surface area contributed by atoms with E-state index in [-0.39, 0.29) is 12.5 Å². The van der Waals surface area contributed by atoms with Gasteiger partial charge in [-0.05, 0) is 64.2 Å². The summed E-state index contributed by atoms with van der Waals surface area (Å²) in [5, 5.41) is 7.61. The Balaban J connectivity index is 1.52. The van der Waals surface area contributed by atoms with Gasteiger partial charge in [0.1, 0.15) is 18.1 Å². The van der Waals surface area contributed by atoms with Gasteiger partial charge in [-0.3, -0.25) is 9.69 Å². The Labute approximate surface area is 183 Å². The lowest BCUT2D eigenvalue weighted by Crippen LogP contribution is -2.33. The summed E-state index contributed by atoms with van der Waals surface area (Å²) >= 11 is 0. The van der Waals surface area contributed by atoms with E-state index in [9.17, 15) is 4.79 Å². The van der Waals surface area contributed by atoms with Crippen LogP contribution >= 0.6 is 0 Å². The van der Waals surface area contributed by atoms with Gasteiger partial charge in [-0.15, -0.1) is 0 Å². The zero-order valence-corrected chi connectivity index (χ0v) is 18.8. The van der Waals surface area contributed by atoms with Crippen LogP contribution in [-0.4, -0.2) is 54.4 Å². The topological polar surface area (TPSA) is 68.6 Å². The second-order valence-corrected chi connectivity index (χ2v) is 7.60. The first-order chi connectivity index (χ1) is 14.9. The van der Waals surface area contributed by atoms with Crippen LogP contribution in [0.3, 0.4) is 0 Å². The molecule has 0 saturated carbocycles. The van der Waals surface area contributed by atoms with E-state index in [0.29, 0.717) is 13.2 Å². The van der Waals surface area contributed by atoms with Crippen LogP contribution in [0.4, 0.5) is 5.69 Å². The van der Waals surface area contributed by atoms with Crippen LogP contribution in [0.2, 0.25) is 0 Å². The summed E-state index contributed by atoms with van der Waals surface area (Å²) in [4.78, 5) is 14.5. The molecule has 31 heavy (non-hydrogen) atoms. The van der Waals surface area contributed by atoms with Gasteiger partial charge in [0.15, 0.2) is 0 Å². The molecule has 0 bridgehead atoms. The molecule has 0 atom stereocenters. The van der Waals surface area contributed by atoms with Gasteiger partial charge in [0.2, 0.25) is 5.91 Å². The highest BCUT2D eigenvalue weighted by molar-refractivity contribution is 5.93. The van der Waals surface area contributed by atoms with Gasteiger partial charge in [-0.2, -0.15) is 5.10 Å². The van der Waals surface area contributed by atoms with E-state index in [4.69, 9.17) is 9.47 Å². The average molecular weight is 423 g/mol. The van der Waals surface area contributed by atoms with Crippen LogP contribution in [0.1, 0.15) is 17.0 Å². The molecule has 164 valence electrons. The van der Waals surface area contributed by atoms with Crippen molar-refractivity contribution in [3.05, 3.63) is 65.5 Å². The number of anilines is 1. The molecule has 7 heteroatoms. The van der Waals surface area contributed by atoms with Gasteiger partial charge in [0.05, 0.1) is 36.4 Å². The van der Waals surface area contributed by atoms with Gasteiger partial charge in [0, 0.05) is 6.54 Å². The molecule has 0 aliphatic carbocycles. The van der Waals surface area contributed by atoms with Gasteiger partial charge in [0.25, 0.3) is 0 Å². The Morgan fingerprint density at radius 3 is 2.32 bits per heavy atom. The maximum Gasteiger partial charge on any atom is 0.238 e. The molecule has 1 amide bonds. The predicted molar refractivity (Wildman–Crippen MR) is 122 cm³/mol. The van der Waals surface area contributed by atoms with E-state index in [1.165, 1.54) is 5.56 Å². The van der Waals surface area contributed by atoms with Crippen LogP contribution < -0.4 is 14.8 Å². The molecular weight excluding hydrogens is 392 g/mol. The molecule has 3 aromatic rings. The van der Waals surface area contributed by atoms with Crippen LogP contribution in [0.15, 0.2) is 48.5 Å². The van der Waals surface area contributed by atoms with Crippen molar-refractivity contribution in [2.75, 3.05) is 39.2 Å². The molecule has 7 nitrogen and oxygen atoms in total. The summed E-state index contributed by atoms with van der Waals surface area (Å²) in [6, 6.07) is 15.6. The molecule has 2 aromatic carbocycles. The van der Waals surface area contributed by atoms with Gasteiger partial charge in [-0.1, -0.05) is 17.7 Å². The largest absolute Gasteiger partial charge is 0.497 e. The molecule has 0 unspecified atom stereocenters. The molecule has 0 fully saturated rings. The highest BCUT2D eigenvalue weighted by Gasteiger charge is 2.16. The first-order valence-electron chi connectivity index (χ1n) is 10.3. The highest BCUT2D eigenvalue weighted by atomic mass is 16.5. The number of ether oxygens (including phenoxy) is 2. The van der Waals surface area contributed by atoms with Crippen LogP contribution in [-0.2, 0) is 4.79 Å². The molecule has 3 rings (SSSR count). The van der Waals surface area contributed by atoms with E-state index < -0.39 is 0 Å². The first-order valence-corrected chi connectivity index (χ1v) is 10.3. The lowest BCUT2D eigenvalue weighted by Gasteiger charge is -2.17. The fourth-order valence-corrected chi connectivity index (χ4v) is 3.26. The lowest BCUT2D eigenvalue weighted by molar-refractivity contribution is -0.117. The fraction of sp³-hybridized carbons (Fsp3) is 0.333. The Kier molecular flexibility index (Phi) is 7.31. The molecule has 1 N–H and O–H groups in total. The standard InChI is InChI=1S/C24H30N4O3/c1-17-6-8-20(9-7-17)28-19(3)24(18(2)26-28)25-23(29)16-27(4)14-15-31-22-12-10-21(30-5)11-13-22/h6-13H,14-16H2,1-5H3,(H,25,29). The van der Waals surface area contributed by atoms with Gasteiger partial charge >= 0.3 is 0 Å². The summed E-state index contributed by atoms with van der Waals surface area (Å²) in [5.74, 6) is 1.48. The number of benzene rings is 2. The van der Waals surface area contributed by atoms with Crippen LogP contribution in [0.5, 0.6) is 11.5 Å². The molecule has 1 aromatic heterocycles. The van der Waals surface area contributed by atoms with Crippen molar-refractivity contribution in [2.24, 2.45) is 0 Å². The summed E-state index contributed by atoms with van der Waals surface area (Å²) in [7, 11) is 3.53. The zero-order valence-electron chi connectivity index (χ0n) is 18.8. The SMILES string of the molecule is COc1ccc(OCCN(C)CC(=O)Nc2c(C)nn(-c3ccc(C)cc3)c2C)cc1. The number of nitrogens with zero attached hydrogens (tertiary/aromatic N) is 3. The van der Waals surface area contributed by atoms with E-state index >= 15 is 0 Å². The van der Waals surface area contributed by atoms with Crippen molar-refractivity contribution in [3.63, 3.8) is 0 Å². The quantitative estimate of drug-likeness (QED) is 0.569. The second-order valence-electron chi connectivity index (χ2n) is 7.60. The highest BCUT2D eigenvalue weighted by Crippen LogP contribution is 2.23. The van der Waals surface area contributed by atoms with Crippen molar-refractivity contribution >= 4 is 11.6 Å². The maximum atomic E-state index is 12.6. The van der Waals surface area contributed by atoms with Gasteiger partial charge < -0.3 is 14.8 Å². The first kappa shape index (κ1) is 22.4. The predicted octanol–water partition coefficient (Wildman–Crippen LogP) is 3.76. The van der Waals surface area contributed by atoms with E-state index in [1.807, 2.05) is 79.0 Å². The normalized spacial score (nSPS) is 10.9. The van der Waals surface area contributed by atoms with Crippen LogP contribution in [0.25, 0.3) is 5.69 Å². The number of rotatable bonds is 9. The van der Waals surface area contributed by atoms with Crippen molar-refractivity contribution in [2.45, 2.75) is 20.8 Å². The maximum absolute atomic E-state index is 12.6. The smallest absolute Gasteiger partial charge is 0.238 e. The van der Waals surface area contributed by atoms with Crippen LogP contribution in [0, 0.1) is 20.8 Å². The molecule has 0 aliphatic heterocycles. The van der Waals surface area contributed by atoms with Crippen molar-refractivity contribution in [1.29, 1.82) is 0 Å². The number of methoxy groups -OCH3 is 1. The number of nitrogens with one attached hydrogen (secondary N) is 1. The monoisotopic (exact) mass is 422 g/mol. The Morgan fingerprint density at radius 2 is 1.68 bits per heavy atom. The molecule has 0 aliphatic rings. The number of carbonyl (C=O) groups excluding carboxylic acids is 1. The Bertz CT molecular complexity index is 1010. The number of carbonyl (C=O) groups is 1. The Morgan fingerprint density at radius 1 is 1.03 bits per heavy atom. The molecule has 0 radical (unpaired) electrons. The van der Waals surface area contributed by atoms with Gasteiger partial charge in [-0.25, -0.2) is 4.68 Å². The third-order valence-corrected chi connectivity index (χ3v) is 5.05. The summed E-state index contributed by atoms with van der Waals surface area (Å²) in [6.45, 7) is 7.29. The number of aryl methyl sites for hydroxylation is 2.